The van der Waals surface area contributed by atoms with E-state index < -0.39 is 0 Å². The molecule has 1 aromatic carbocycles. The summed E-state index contributed by atoms with van der Waals surface area (Å²) in [6, 6.07) is 4.04. The predicted octanol–water partition coefficient (Wildman–Crippen LogP) is 1.99. The van der Waals surface area contributed by atoms with Crippen molar-refractivity contribution in [2.75, 3.05) is 13.6 Å². The second-order valence-corrected chi connectivity index (χ2v) is 3.40. The lowest BCUT2D eigenvalue weighted by molar-refractivity contribution is 0.101. The van der Waals surface area contributed by atoms with Gasteiger partial charge in [0.1, 0.15) is 5.82 Å². The van der Waals surface area contributed by atoms with Crippen molar-refractivity contribution in [3.8, 4) is 11.8 Å². The number of carbonyl (C=O) groups excluding carboxylic acids is 1. The van der Waals surface area contributed by atoms with Gasteiger partial charge in [0.2, 0.25) is 0 Å². The lowest BCUT2D eigenvalue weighted by atomic mass is 10.0. The van der Waals surface area contributed by atoms with E-state index in [-0.39, 0.29) is 11.6 Å². The molecule has 0 saturated carbocycles. The number of carbonyl (C=O) groups is 1. The van der Waals surface area contributed by atoms with Crippen LogP contribution in [-0.2, 0) is 0 Å². The van der Waals surface area contributed by atoms with Crippen molar-refractivity contribution in [2.45, 2.75) is 13.3 Å². The largest absolute Gasteiger partial charge is 0.319 e. The van der Waals surface area contributed by atoms with E-state index in [4.69, 9.17) is 0 Å². The Morgan fingerprint density at radius 1 is 1.50 bits per heavy atom. The van der Waals surface area contributed by atoms with E-state index in [1.165, 1.54) is 25.1 Å². The topological polar surface area (TPSA) is 29.1 Å². The van der Waals surface area contributed by atoms with E-state index >= 15 is 0 Å². The number of hydrogen-bond donors (Lipinski definition) is 1. The molecule has 0 radical (unpaired) electrons. The summed E-state index contributed by atoms with van der Waals surface area (Å²) in [4.78, 5) is 11.3. The van der Waals surface area contributed by atoms with Crippen LogP contribution in [0.3, 0.4) is 0 Å². The Morgan fingerprint density at radius 3 is 2.88 bits per heavy atom. The second kappa shape index (κ2) is 6.04. The first-order valence-electron chi connectivity index (χ1n) is 5.09. The van der Waals surface area contributed by atoms with E-state index in [1.54, 1.807) is 0 Å². The fourth-order valence-electron chi connectivity index (χ4n) is 1.27. The van der Waals surface area contributed by atoms with Gasteiger partial charge in [0.25, 0.3) is 0 Å². The molecule has 1 N–H and O–H groups in total. The maximum Gasteiger partial charge on any atom is 0.161 e. The molecular formula is C13H14FNO. The van der Waals surface area contributed by atoms with Gasteiger partial charge in [0.05, 0.1) is 0 Å². The SMILES string of the molecule is CNCCC#Cc1cc(F)ccc1C(C)=O. The van der Waals surface area contributed by atoms with Gasteiger partial charge in [0, 0.05) is 24.1 Å². The minimum atomic E-state index is -0.372. The third-order valence-electron chi connectivity index (χ3n) is 2.08. The standard InChI is InChI=1S/C13H14FNO/c1-10(16)13-7-6-12(14)9-11(13)5-3-4-8-15-2/h6-7,9,15H,4,8H2,1-2H3. The van der Waals surface area contributed by atoms with E-state index in [1.807, 2.05) is 7.05 Å². The van der Waals surface area contributed by atoms with Gasteiger partial charge in [-0.1, -0.05) is 11.8 Å². The van der Waals surface area contributed by atoms with Gasteiger partial charge in [-0.25, -0.2) is 4.39 Å². The number of halogens is 1. The molecule has 0 saturated heterocycles. The third kappa shape index (κ3) is 3.48. The van der Waals surface area contributed by atoms with Gasteiger partial charge in [-0.05, 0) is 32.2 Å². The highest BCUT2D eigenvalue weighted by Gasteiger charge is 2.05. The second-order valence-electron chi connectivity index (χ2n) is 3.40. The number of ketones is 1. The fraction of sp³-hybridized carbons (Fsp3) is 0.308. The molecule has 3 heteroatoms. The molecular weight excluding hydrogens is 205 g/mol. The predicted molar refractivity (Wildman–Crippen MR) is 61.8 cm³/mol. The van der Waals surface area contributed by atoms with Gasteiger partial charge >= 0.3 is 0 Å². The molecule has 0 unspecified atom stereocenters. The minimum absolute atomic E-state index is 0.0992. The quantitative estimate of drug-likeness (QED) is 0.478. The molecule has 0 spiro atoms. The highest BCUT2D eigenvalue weighted by Crippen LogP contribution is 2.10. The van der Waals surface area contributed by atoms with Crippen LogP contribution in [0.1, 0.15) is 29.3 Å². The van der Waals surface area contributed by atoms with Crippen LogP contribution in [0.5, 0.6) is 0 Å². The summed E-state index contributed by atoms with van der Waals surface area (Å²) in [6.45, 7) is 2.23. The van der Waals surface area contributed by atoms with Crippen LogP contribution >= 0.6 is 0 Å². The maximum absolute atomic E-state index is 13.0. The molecule has 0 aliphatic carbocycles. The highest BCUT2D eigenvalue weighted by molar-refractivity contribution is 5.96. The molecule has 0 heterocycles. The van der Waals surface area contributed by atoms with Crippen LogP contribution < -0.4 is 5.32 Å². The van der Waals surface area contributed by atoms with Gasteiger partial charge < -0.3 is 5.32 Å². The van der Waals surface area contributed by atoms with Crippen molar-refractivity contribution < 1.29 is 9.18 Å². The third-order valence-corrected chi connectivity index (χ3v) is 2.08. The number of Topliss-reactive ketones (excluding diaryl/α,β-unsaturated/α-hetero) is 1. The van der Waals surface area contributed by atoms with E-state index in [9.17, 15) is 9.18 Å². The zero-order valence-electron chi connectivity index (χ0n) is 9.43. The molecule has 0 aromatic heterocycles. The number of benzene rings is 1. The minimum Gasteiger partial charge on any atom is -0.319 e. The molecule has 0 bridgehead atoms. The molecule has 16 heavy (non-hydrogen) atoms. The average Bonchev–Trinajstić information content (AvgIpc) is 2.24. The summed E-state index contributed by atoms with van der Waals surface area (Å²) in [6.07, 6.45) is 0.671. The van der Waals surface area contributed by atoms with Crippen molar-refractivity contribution >= 4 is 5.78 Å². The average molecular weight is 219 g/mol. The van der Waals surface area contributed by atoms with Gasteiger partial charge in [0.15, 0.2) is 5.78 Å². The molecule has 1 rings (SSSR count). The fourth-order valence-corrected chi connectivity index (χ4v) is 1.27. The molecule has 0 aliphatic rings. The monoisotopic (exact) mass is 219 g/mol. The zero-order chi connectivity index (χ0) is 12.0. The molecule has 1 aromatic rings. The first kappa shape index (κ1) is 12.4. The van der Waals surface area contributed by atoms with Gasteiger partial charge in [-0.2, -0.15) is 0 Å². The van der Waals surface area contributed by atoms with Gasteiger partial charge in [-0.15, -0.1) is 0 Å². The summed E-state index contributed by atoms with van der Waals surface area (Å²) < 4.78 is 13.0. The molecule has 2 nitrogen and oxygen atoms in total. The molecule has 0 aliphatic heterocycles. The Hall–Kier alpha value is -1.66. The number of nitrogens with one attached hydrogen (secondary N) is 1. The zero-order valence-corrected chi connectivity index (χ0v) is 9.43. The van der Waals surface area contributed by atoms with Gasteiger partial charge in [-0.3, -0.25) is 4.79 Å². The first-order chi connectivity index (χ1) is 7.65. The molecule has 84 valence electrons. The van der Waals surface area contributed by atoms with Crippen molar-refractivity contribution in [1.82, 2.24) is 5.32 Å². The van der Waals surface area contributed by atoms with Crippen molar-refractivity contribution in [2.24, 2.45) is 0 Å². The van der Waals surface area contributed by atoms with Crippen LogP contribution in [0.25, 0.3) is 0 Å². The highest BCUT2D eigenvalue weighted by atomic mass is 19.1. The van der Waals surface area contributed by atoms with Crippen LogP contribution in [0.2, 0.25) is 0 Å². The number of rotatable bonds is 3. The van der Waals surface area contributed by atoms with Crippen molar-refractivity contribution in [3.05, 3.63) is 35.1 Å². The number of hydrogen-bond acceptors (Lipinski definition) is 2. The summed E-state index contributed by atoms with van der Waals surface area (Å²) in [5.41, 5.74) is 0.932. The van der Waals surface area contributed by atoms with E-state index in [0.29, 0.717) is 17.5 Å². The Labute approximate surface area is 94.9 Å². The molecule has 0 amide bonds. The summed E-state index contributed by atoms with van der Waals surface area (Å²) >= 11 is 0. The lowest BCUT2D eigenvalue weighted by Crippen LogP contribution is -2.06. The van der Waals surface area contributed by atoms with Crippen LogP contribution in [0.4, 0.5) is 4.39 Å². The summed E-state index contributed by atoms with van der Waals surface area (Å²) in [7, 11) is 1.84. The normalized spacial score (nSPS) is 9.44. The summed E-state index contributed by atoms with van der Waals surface area (Å²) in [5, 5.41) is 2.96. The van der Waals surface area contributed by atoms with Crippen LogP contribution in [0, 0.1) is 17.7 Å². The van der Waals surface area contributed by atoms with E-state index in [0.717, 1.165) is 6.54 Å². The Morgan fingerprint density at radius 2 is 2.25 bits per heavy atom. The lowest BCUT2D eigenvalue weighted by Gasteiger charge is -1.99. The van der Waals surface area contributed by atoms with Crippen molar-refractivity contribution in [1.29, 1.82) is 0 Å². The van der Waals surface area contributed by atoms with Crippen LogP contribution in [0.15, 0.2) is 18.2 Å². The van der Waals surface area contributed by atoms with E-state index in [2.05, 4.69) is 17.2 Å². The Kier molecular flexibility index (Phi) is 4.68. The first-order valence-corrected chi connectivity index (χ1v) is 5.09. The smallest absolute Gasteiger partial charge is 0.161 e. The Balaban J connectivity index is 2.95. The van der Waals surface area contributed by atoms with Crippen LogP contribution in [-0.4, -0.2) is 19.4 Å². The molecule has 0 atom stereocenters. The Bertz CT molecular complexity index is 443. The maximum atomic E-state index is 13.0. The summed E-state index contributed by atoms with van der Waals surface area (Å²) in [5.74, 6) is 5.24. The molecule has 0 fully saturated rings. The van der Waals surface area contributed by atoms with Crippen molar-refractivity contribution in [3.63, 3.8) is 0 Å².